The number of halogens is 1. The first-order valence-corrected chi connectivity index (χ1v) is 10.4. The summed E-state index contributed by atoms with van der Waals surface area (Å²) in [6.07, 6.45) is 2.17. The maximum Gasteiger partial charge on any atom is 0.267 e. The fourth-order valence-corrected chi connectivity index (χ4v) is 4.23. The molecule has 0 saturated heterocycles. The highest BCUT2D eigenvalue weighted by atomic mass is 35.5. The number of furan rings is 1. The van der Waals surface area contributed by atoms with E-state index in [4.69, 9.17) is 16.0 Å². The molecule has 8 nitrogen and oxygen atoms in total. The number of rotatable bonds is 5. The predicted octanol–water partition coefficient (Wildman–Crippen LogP) is 4.03. The molecule has 5 rings (SSSR count). The van der Waals surface area contributed by atoms with Crippen LogP contribution in [0.1, 0.15) is 23.1 Å². The number of thiophene rings is 1. The Morgan fingerprint density at radius 2 is 2.10 bits per heavy atom. The van der Waals surface area contributed by atoms with Crippen LogP contribution in [0.4, 0.5) is 0 Å². The number of nitrogens with zero attached hydrogens (tertiary/aromatic N) is 6. The first-order valence-electron chi connectivity index (χ1n) is 9.18. The standard InChI is InChI=1S/C20H15ClN6O2S/c21-14-6-2-1-5-13(14)20-22-25-26(24-20)12-19(28)27-16(17-7-3-9-29-17)11-15(23-27)18-8-4-10-30-18/h1-10,16H,11-12H2/t16-/m0/s1. The highest BCUT2D eigenvalue weighted by molar-refractivity contribution is 7.12. The first kappa shape index (κ1) is 18.7. The van der Waals surface area contributed by atoms with Gasteiger partial charge in [-0.1, -0.05) is 29.8 Å². The summed E-state index contributed by atoms with van der Waals surface area (Å²) in [6.45, 7) is -0.101. The summed E-state index contributed by atoms with van der Waals surface area (Å²) in [7, 11) is 0. The molecule has 150 valence electrons. The van der Waals surface area contributed by atoms with Crippen molar-refractivity contribution in [2.75, 3.05) is 0 Å². The highest BCUT2D eigenvalue weighted by Gasteiger charge is 2.35. The third kappa shape index (κ3) is 3.53. The van der Waals surface area contributed by atoms with Crippen molar-refractivity contribution in [3.05, 3.63) is 75.8 Å². The zero-order valence-electron chi connectivity index (χ0n) is 15.6. The normalized spacial score (nSPS) is 16.1. The monoisotopic (exact) mass is 438 g/mol. The van der Waals surface area contributed by atoms with E-state index < -0.39 is 0 Å². The minimum atomic E-state index is -0.309. The second kappa shape index (κ2) is 7.85. The number of tetrazole rings is 1. The van der Waals surface area contributed by atoms with Crippen LogP contribution in [0.5, 0.6) is 0 Å². The number of carbonyl (C=O) groups is 1. The van der Waals surface area contributed by atoms with Gasteiger partial charge in [0, 0.05) is 12.0 Å². The Bertz CT molecular complexity index is 1200. The van der Waals surface area contributed by atoms with Crippen molar-refractivity contribution >= 4 is 34.6 Å². The zero-order chi connectivity index (χ0) is 20.5. The SMILES string of the molecule is O=C(Cn1nnc(-c2ccccc2Cl)n1)N1N=C(c2cccs2)C[C@H]1c1ccco1. The summed E-state index contributed by atoms with van der Waals surface area (Å²) >= 11 is 7.79. The lowest BCUT2D eigenvalue weighted by atomic mass is 10.1. The Balaban J connectivity index is 1.39. The quantitative estimate of drug-likeness (QED) is 0.469. The summed E-state index contributed by atoms with van der Waals surface area (Å²) in [6, 6.07) is 14.5. The van der Waals surface area contributed by atoms with Crippen LogP contribution in [0.15, 0.2) is 69.7 Å². The Labute approximate surface area is 180 Å². The first-order chi connectivity index (χ1) is 14.7. The number of amides is 1. The molecule has 1 amide bonds. The van der Waals surface area contributed by atoms with Gasteiger partial charge in [0.15, 0.2) is 0 Å². The van der Waals surface area contributed by atoms with Gasteiger partial charge in [0.25, 0.3) is 5.91 Å². The molecule has 1 aliphatic rings. The van der Waals surface area contributed by atoms with Crippen molar-refractivity contribution < 1.29 is 9.21 Å². The van der Waals surface area contributed by atoms with E-state index in [9.17, 15) is 4.79 Å². The molecule has 0 radical (unpaired) electrons. The molecule has 0 spiro atoms. The van der Waals surface area contributed by atoms with Gasteiger partial charge >= 0.3 is 0 Å². The predicted molar refractivity (Wildman–Crippen MR) is 112 cm³/mol. The van der Waals surface area contributed by atoms with E-state index in [1.54, 1.807) is 35.8 Å². The summed E-state index contributed by atoms with van der Waals surface area (Å²) in [5.41, 5.74) is 1.51. The molecule has 1 aliphatic heterocycles. The Kier molecular flexibility index (Phi) is 4.89. The van der Waals surface area contributed by atoms with Gasteiger partial charge in [0.2, 0.25) is 5.82 Å². The molecule has 3 aromatic heterocycles. The van der Waals surface area contributed by atoms with E-state index in [2.05, 4.69) is 20.5 Å². The van der Waals surface area contributed by atoms with Crippen molar-refractivity contribution in [1.29, 1.82) is 0 Å². The van der Waals surface area contributed by atoms with E-state index in [-0.39, 0.29) is 18.5 Å². The van der Waals surface area contributed by atoms with Crippen molar-refractivity contribution in [2.45, 2.75) is 19.0 Å². The van der Waals surface area contributed by atoms with Crippen LogP contribution in [0.25, 0.3) is 11.4 Å². The molecule has 0 unspecified atom stereocenters. The maximum absolute atomic E-state index is 13.1. The third-order valence-electron chi connectivity index (χ3n) is 4.69. The minimum absolute atomic E-state index is 0.101. The van der Waals surface area contributed by atoms with Gasteiger partial charge in [-0.2, -0.15) is 9.90 Å². The molecule has 1 aromatic carbocycles. The van der Waals surface area contributed by atoms with Gasteiger partial charge in [-0.25, -0.2) is 5.01 Å². The lowest BCUT2D eigenvalue weighted by Crippen LogP contribution is -2.31. The summed E-state index contributed by atoms with van der Waals surface area (Å²) in [5.74, 6) is 0.785. The largest absolute Gasteiger partial charge is 0.467 e. The molecule has 10 heteroatoms. The van der Waals surface area contributed by atoms with Crippen LogP contribution in [-0.4, -0.2) is 36.8 Å². The van der Waals surface area contributed by atoms with Crippen LogP contribution in [-0.2, 0) is 11.3 Å². The molecular weight excluding hydrogens is 424 g/mol. The smallest absolute Gasteiger partial charge is 0.267 e. The van der Waals surface area contributed by atoms with Crippen LogP contribution >= 0.6 is 22.9 Å². The van der Waals surface area contributed by atoms with Crippen LogP contribution in [0.2, 0.25) is 5.02 Å². The topological polar surface area (TPSA) is 89.4 Å². The number of aromatic nitrogens is 4. The van der Waals surface area contributed by atoms with Crippen molar-refractivity contribution in [3.8, 4) is 11.4 Å². The lowest BCUT2D eigenvalue weighted by Gasteiger charge is -2.19. The number of hydrogen-bond donors (Lipinski definition) is 0. The number of hydrogen-bond acceptors (Lipinski definition) is 7. The van der Waals surface area contributed by atoms with Gasteiger partial charge in [-0.3, -0.25) is 4.79 Å². The zero-order valence-corrected chi connectivity index (χ0v) is 17.1. The van der Waals surface area contributed by atoms with Gasteiger partial charge in [-0.05, 0) is 40.9 Å². The fourth-order valence-electron chi connectivity index (χ4n) is 3.29. The van der Waals surface area contributed by atoms with Crippen molar-refractivity contribution in [3.63, 3.8) is 0 Å². The van der Waals surface area contributed by atoms with E-state index in [1.165, 1.54) is 9.81 Å². The molecule has 0 aliphatic carbocycles. The second-order valence-electron chi connectivity index (χ2n) is 6.62. The van der Waals surface area contributed by atoms with Gasteiger partial charge in [0.05, 0.1) is 21.9 Å². The lowest BCUT2D eigenvalue weighted by molar-refractivity contribution is -0.134. The van der Waals surface area contributed by atoms with E-state index in [0.717, 1.165) is 10.6 Å². The average molecular weight is 439 g/mol. The van der Waals surface area contributed by atoms with E-state index >= 15 is 0 Å². The summed E-state index contributed by atoms with van der Waals surface area (Å²) in [4.78, 5) is 15.4. The van der Waals surface area contributed by atoms with Gasteiger partial charge < -0.3 is 4.42 Å². The third-order valence-corrected chi connectivity index (χ3v) is 5.94. The molecule has 0 saturated carbocycles. The van der Waals surface area contributed by atoms with Crippen molar-refractivity contribution in [2.24, 2.45) is 5.10 Å². The highest BCUT2D eigenvalue weighted by Crippen LogP contribution is 2.34. The molecule has 0 fully saturated rings. The summed E-state index contributed by atoms with van der Waals surface area (Å²) < 4.78 is 5.56. The molecule has 1 atom stereocenters. The Morgan fingerprint density at radius 1 is 1.20 bits per heavy atom. The Hall–Kier alpha value is -3.30. The molecule has 4 heterocycles. The summed E-state index contributed by atoms with van der Waals surface area (Å²) in [5, 5.41) is 20.9. The molecule has 30 heavy (non-hydrogen) atoms. The number of hydrazone groups is 1. The molecule has 4 aromatic rings. The maximum atomic E-state index is 13.1. The van der Waals surface area contributed by atoms with Crippen LogP contribution in [0.3, 0.4) is 0 Å². The van der Waals surface area contributed by atoms with Crippen molar-refractivity contribution in [1.82, 2.24) is 25.2 Å². The van der Waals surface area contributed by atoms with E-state index in [0.29, 0.717) is 28.6 Å². The minimum Gasteiger partial charge on any atom is -0.467 e. The molecule has 0 N–H and O–H groups in total. The fraction of sp³-hybridized carbons (Fsp3) is 0.150. The Morgan fingerprint density at radius 3 is 2.87 bits per heavy atom. The van der Waals surface area contributed by atoms with E-state index in [1.807, 2.05) is 35.7 Å². The second-order valence-corrected chi connectivity index (χ2v) is 7.98. The molecular formula is C20H15ClN6O2S. The number of carbonyl (C=O) groups excluding carboxylic acids is 1. The molecule has 0 bridgehead atoms. The van der Waals surface area contributed by atoms with Gasteiger partial charge in [0.1, 0.15) is 18.3 Å². The number of benzene rings is 1. The average Bonchev–Trinajstić information content (AvgIpc) is 3.54. The van der Waals surface area contributed by atoms with Gasteiger partial charge in [-0.15, -0.1) is 21.5 Å². The van der Waals surface area contributed by atoms with Crippen LogP contribution in [0, 0.1) is 0 Å². The van der Waals surface area contributed by atoms with Crippen LogP contribution < -0.4 is 0 Å².